The van der Waals surface area contributed by atoms with Gasteiger partial charge in [0.25, 0.3) is 0 Å². The van der Waals surface area contributed by atoms with Gasteiger partial charge in [-0.2, -0.15) is 5.10 Å². The Balaban J connectivity index is 1.65. The molecule has 1 N–H and O–H groups in total. The zero-order valence-corrected chi connectivity index (χ0v) is 19.5. The van der Waals surface area contributed by atoms with E-state index in [2.05, 4.69) is 15.4 Å². The van der Waals surface area contributed by atoms with Crippen LogP contribution in [-0.4, -0.2) is 49.6 Å². The van der Waals surface area contributed by atoms with Crippen LogP contribution in [0, 0.1) is 5.41 Å². The molecule has 9 heteroatoms. The summed E-state index contributed by atoms with van der Waals surface area (Å²) in [5.41, 5.74) is -1.15. The lowest BCUT2D eigenvalue weighted by atomic mass is 9.83. The molecule has 1 saturated carbocycles. The number of benzene rings is 1. The number of halogens is 1. The van der Waals surface area contributed by atoms with E-state index < -0.39 is 17.8 Å². The largest absolute Gasteiger partial charge is 0.466 e. The Morgan fingerprint density at radius 3 is 2.41 bits per heavy atom. The van der Waals surface area contributed by atoms with Crippen molar-refractivity contribution >= 4 is 23.4 Å². The molecule has 1 aromatic carbocycles. The molecule has 2 atom stereocenters. The summed E-state index contributed by atoms with van der Waals surface area (Å²) in [5, 5.41) is 8.17. The predicted molar refractivity (Wildman–Crippen MR) is 120 cm³/mol. The van der Waals surface area contributed by atoms with Crippen LogP contribution in [0.15, 0.2) is 36.9 Å². The maximum Gasteiger partial charge on any atom is 0.246 e. The van der Waals surface area contributed by atoms with Crippen molar-refractivity contribution in [2.24, 2.45) is 5.41 Å². The Morgan fingerprint density at radius 2 is 1.91 bits per heavy atom. The molecular formula is C23H30ClN5O3. The lowest BCUT2D eigenvalue weighted by molar-refractivity contribution is -0.158. The Hall–Kier alpha value is -2.61. The number of aromatic nitrogens is 3. The topological polar surface area (TPSA) is 89.4 Å². The van der Waals surface area contributed by atoms with Crippen molar-refractivity contribution in [2.45, 2.75) is 70.7 Å². The van der Waals surface area contributed by atoms with Crippen molar-refractivity contribution in [1.82, 2.24) is 25.0 Å². The second-order valence-corrected chi connectivity index (χ2v) is 10.1. The van der Waals surface area contributed by atoms with Crippen molar-refractivity contribution < 1.29 is 14.3 Å². The van der Waals surface area contributed by atoms with Gasteiger partial charge in [0, 0.05) is 18.0 Å². The number of amides is 2. The Labute approximate surface area is 193 Å². The Morgan fingerprint density at radius 1 is 1.22 bits per heavy atom. The summed E-state index contributed by atoms with van der Waals surface area (Å²) >= 11 is 6.03. The molecule has 4 rings (SSSR count). The van der Waals surface area contributed by atoms with Gasteiger partial charge in [0.2, 0.25) is 18.0 Å². The van der Waals surface area contributed by atoms with Gasteiger partial charge >= 0.3 is 0 Å². The number of hydrogen-bond acceptors (Lipinski definition) is 5. The minimum atomic E-state index is -0.772. The van der Waals surface area contributed by atoms with Crippen molar-refractivity contribution in [2.75, 3.05) is 6.54 Å². The molecule has 1 aromatic heterocycles. The molecule has 8 nitrogen and oxygen atoms in total. The fraction of sp³-hybridized carbons (Fsp3) is 0.565. The van der Waals surface area contributed by atoms with Crippen LogP contribution in [0.3, 0.4) is 0 Å². The second kappa shape index (κ2) is 8.73. The van der Waals surface area contributed by atoms with E-state index in [4.69, 9.17) is 16.3 Å². The van der Waals surface area contributed by atoms with Gasteiger partial charge in [0.1, 0.15) is 23.9 Å². The third-order valence-corrected chi connectivity index (χ3v) is 6.74. The number of ether oxygens (including phenoxy) is 1. The summed E-state index contributed by atoms with van der Waals surface area (Å²) in [7, 11) is 0. The van der Waals surface area contributed by atoms with E-state index in [1.807, 2.05) is 20.8 Å². The first kappa shape index (κ1) is 22.6. The average Bonchev–Trinajstić information content (AvgIpc) is 3.43. The van der Waals surface area contributed by atoms with Gasteiger partial charge in [-0.1, -0.05) is 45.2 Å². The van der Waals surface area contributed by atoms with Crippen LogP contribution in [0.1, 0.15) is 59.1 Å². The van der Waals surface area contributed by atoms with Crippen LogP contribution in [-0.2, 0) is 9.59 Å². The van der Waals surface area contributed by atoms with Crippen molar-refractivity contribution in [1.29, 1.82) is 0 Å². The van der Waals surface area contributed by atoms with Crippen LogP contribution in [0.4, 0.5) is 0 Å². The van der Waals surface area contributed by atoms with Crippen LogP contribution in [0.2, 0.25) is 5.02 Å². The van der Waals surface area contributed by atoms with Gasteiger partial charge in [-0.05, 0) is 42.5 Å². The van der Waals surface area contributed by atoms with Crippen molar-refractivity contribution in [3.8, 4) is 5.75 Å². The summed E-state index contributed by atoms with van der Waals surface area (Å²) in [6.07, 6.45) is 6.14. The van der Waals surface area contributed by atoms with Crippen molar-refractivity contribution in [3.05, 3.63) is 41.9 Å². The molecular weight excluding hydrogens is 430 g/mol. The number of rotatable bonds is 7. The zero-order chi connectivity index (χ0) is 22.9. The third-order valence-electron chi connectivity index (χ3n) is 6.49. The fourth-order valence-corrected chi connectivity index (χ4v) is 4.74. The highest BCUT2D eigenvalue weighted by Gasteiger charge is 2.52. The molecule has 172 valence electrons. The van der Waals surface area contributed by atoms with Gasteiger partial charge in [-0.15, -0.1) is 0 Å². The highest BCUT2D eigenvalue weighted by molar-refractivity contribution is 6.30. The number of hydrogen-bond donors (Lipinski definition) is 1. The molecule has 1 aliphatic heterocycles. The Bertz CT molecular complexity index is 949. The molecule has 2 aliphatic rings. The van der Waals surface area contributed by atoms with Gasteiger partial charge < -0.3 is 15.0 Å². The summed E-state index contributed by atoms with van der Waals surface area (Å²) in [6, 6.07) is 6.63. The fourth-order valence-electron chi connectivity index (χ4n) is 4.61. The van der Waals surface area contributed by atoms with E-state index in [1.165, 1.54) is 6.33 Å². The second-order valence-electron chi connectivity index (χ2n) is 9.69. The Kier molecular flexibility index (Phi) is 6.16. The molecule has 2 fully saturated rings. The quantitative estimate of drug-likeness (QED) is 0.639. The molecule has 0 radical (unpaired) electrons. The number of β-lactam (4-membered cyclic amide) rings is 1. The standard InChI is InChI=1S/C23H30ClN5O3/c1-22(2,3)19(27-21(31)23(11-4-5-12-23)28-13-10-18(28)30)20(29-15-25-14-26-29)32-17-8-6-16(24)7-9-17/h6-9,14-15,19-20H,4-5,10-13H2,1-3H3,(H,27,31)/t19-,20-/m1/s1. The van der Waals surface area contributed by atoms with Crippen LogP contribution >= 0.6 is 11.6 Å². The van der Waals surface area contributed by atoms with Gasteiger partial charge in [0.05, 0.1) is 6.04 Å². The average molecular weight is 460 g/mol. The third kappa shape index (κ3) is 4.33. The first-order valence-corrected chi connectivity index (χ1v) is 11.5. The van der Waals surface area contributed by atoms with E-state index in [0.717, 1.165) is 12.8 Å². The molecule has 1 aliphatic carbocycles. The van der Waals surface area contributed by atoms with Crippen LogP contribution in [0.5, 0.6) is 5.75 Å². The summed E-state index contributed by atoms with van der Waals surface area (Å²) in [6.45, 7) is 6.77. The van der Waals surface area contributed by atoms with Gasteiger partial charge in [-0.3, -0.25) is 9.59 Å². The lowest BCUT2D eigenvalue weighted by Gasteiger charge is -2.47. The number of nitrogens with one attached hydrogen (secondary N) is 1. The molecule has 0 spiro atoms. The molecule has 2 aromatic rings. The smallest absolute Gasteiger partial charge is 0.246 e. The number of nitrogens with zero attached hydrogens (tertiary/aromatic N) is 4. The SMILES string of the molecule is CC(C)(C)[C@H](NC(=O)C1(N2CCC2=O)CCCC1)[C@@H](Oc1ccc(Cl)cc1)n1cncn1. The van der Waals surface area contributed by atoms with E-state index in [0.29, 0.717) is 36.6 Å². The molecule has 2 heterocycles. The van der Waals surface area contributed by atoms with E-state index in [-0.39, 0.29) is 17.2 Å². The normalized spacial score (nSPS) is 19.9. The van der Waals surface area contributed by atoms with E-state index in [9.17, 15) is 9.59 Å². The number of carbonyl (C=O) groups excluding carboxylic acids is 2. The van der Waals surface area contributed by atoms with Crippen molar-refractivity contribution in [3.63, 3.8) is 0 Å². The molecule has 0 unspecified atom stereocenters. The minimum absolute atomic E-state index is 0.0552. The first-order valence-electron chi connectivity index (χ1n) is 11.1. The predicted octanol–water partition coefficient (Wildman–Crippen LogP) is 3.59. The minimum Gasteiger partial charge on any atom is -0.466 e. The summed E-state index contributed by atoms with van der Waals surface area (Å²) in [4.78, 5) is 31.9. The highest BCUT2D eigenvalue weighted by Crippen LogP contribution is 2.40. The number of carbonyl (C=O) groups is 2. The van der Waals surface area contributed by atoms with Crippen LogP contribution < -0.4 is 10.1 Å². The van der Waals surface area contributed by atoms with E-state index >= 15 is 0 Å². The molecule has 1 saturated heterocycles. The molecule has 32 heavy (non-hydrogen) atoms. The maximum absolute atomic E-state index is 13.8. The molecule has 2 amide bonds. The van der Waals surface area contributed by atoms with Crippen LogP contribution in [0.25, 0.3) is 0 Å². The van der Waals surface area contributed by atoms with E-state index in [1.54, 1.807) is 40.2 Å². The first-order chi connectivity index (χ1) is 15.2. The van der Waals surface area contributed by atoms with Gasteiger partial charge in [-0.25, -0.2) is 9.67 Å². The van der Waals surface area contributed by atoms with Gasteiger partial charge in [0.15, 0.2) is 0 Å². The monoisotopic (exact) mass is 459 g/mol. The number of likely N-dealkylation sites (tertiary alicyclic amines) is 1. The highest BCUT2D eigenvalue weighted by atomic mass is 35.5. The molecule has 0 bridgehead atoms. The summed E-state index contributed by atoms with van der Waals surface area (Å²) in [5.74, 6) is 0.541. The lowest BCUT2D eigenvalue weighted by Crippen LogP contribution is -2.66. The maximum atomic E-state index is 13.8. The zero-order valence-electron chi connectivity index (χ0n) is 18.8. The summed E-state index contributed by atoms with van der Waals surface area (Å²) < 4.78 is 7.94.